The van der Waals surface area contributed by atoms with Crippen LogP contribution >= 0.6 is 11.6 Å². The minimum atomic E-state index is -0.489. The van der Waals surface area contributed by atoms with Gasteiger partial charge in [0.15, 0.2) is 5.65 Å². The summed E-state index contributed by atoms with van der Waals surface area (Å²) in [5, 5.41) is 4.74. The van der Waals surface area contributed by atoms with Crippen molar-refractivity contribution in [3.05, 3.63) is 58.6 Å². The second-order valence-electron chi connectivity index (χ2n) is 9.27. The van der Waals surface area contributed by atoms with Crippen LogP contribution in [0.25, 0.3) is 22.4 Å². The predicted octanol–water partition coefficient (Wildman–Crippen LogP) is 4.94. The highest BCUT2D eigenvalue weighted by atomic mass is 35.5. The zero-order valence-corrected chi connectivity index (χ0v) is 20.1. The van der Waals surface area contributed by atoms with Gasteiger partial charge >= 0.3 is 0 Å². The first-order valence-corrected chi connectivity index (χ1v) is 12.1. The number of rotatable bonds is 4. The molecule has 178 valence electrons. The maximum absolute atomic E-state index is 15.0. The largest absolute Gasteiger partial charge is 0.309 e. The van der Waals surface area contributed by atoms with Crippen molar-refractivity contribution in [1.29, 1.82) is 0 Å². The molecule has 1 aliphatic heterocycles. The van der Waals surface area contributed by atoms with Gasteiger partial charge in [0.25, 0.3) is 0 Å². The highest BCUT2D eigenvalue weighted by Crippen LogP contribution is 2.37. The van der Waals surface area contributed by atoms with Crippen molar-refractivity contribution in [1.82, 2.24) is 29.7 Å². The van der Waals surface area contributed by atoms with Crippen molar-refractivity contribution in [2.45, 2.75) is 51.5 Å². The van der Waals surface area contributed by atoms with Crippen LogP contribution in [0.15, 0.2) is 30.6 Å². The van der Waals surface area contributed by atoms with Gasteiger partial charge in [0.2, 0.25) is 5.91 Å². The van der Waals surface area contributed by atoms with Gasteiger partial charge in [-0.25, -0.2) is 24.3 Å². The lowest BCUT2D eigenvalue weighted by molar-refractivity contribution is -0.119. The first-order valence-electron chi connectivity index (χ1n) is 11.7. The third-order valence-corrected chi connectivity index (χ3v) is 6.98. The van der Waals surface area contributed by atoms with Gasteiger partial charge in [0.1, 0.15) is 22.9 Å². The molecule has 8 nitrogen and oxygen atoms in total. The lowest BCUT2D eigenvalue weighted by Gasteiger charge is -2.31. The molecule has 0 N–H and O–H groups in total. The van der Waals surface area contributed by atoms with Gasteiger partial charge in [0, 0.05) is 35.7 Å². The van der Waals surface area contributed by atoms with Crippen LogP contribution in [-0.4, -0.2) is 42.2 Å². The van der Waals surface area contributed by atoms with E-state index >= 15 is 0 Å². The summed E-state index contributed by atoms with van der Waals surface area (Å²) in [6.07, 6.45) is 6.87. The Labute approximate surface area is 206 Å². The van der Waals surface area contributed by atoms with Crippen molar-refractivity contribution >= 4 is 34.4 Å². The minimum absolute atomic E-state index is 0.0487. The number of piperidine rings is 1. The van der Waals surface area contributed by atoms with Crippen LogP contribution in [-0.2, 0) is 4.79 Å². The Hall–Kier alpha value is -3.46. The van der Waals surface area contributed by atoms with Crippen LogP contribution in [0.2, 0.25) is 5.02 Å². The molecule has 0 unspecified atom stereocenters. The van der Waals surface area contributed by atoms with Gasteiger partial charge in [0.05, 0.1) is 29.3 Å². The minimum Gasteiger partial charge on any atom is -0.309 e. The maximum atomic E-state index is 15.0. The smallest absolute Gasteiger partial charge is 0.227 e. The SMILES string of the molecule is Cc1nc2nc([C@@H]3CCC(=O)N(c4cnn(C5CC5)c4)C3)nc(-c3ccc(Cl)cc3F)c2nc1C. The molecular weight excluding hydrogens is 469 g/mol. The molecule has 1 saturated carbocycles. The number of carbonyl (C=O) groups is 1. The van der Waals surface area contributed by atoms with Crippen molar-refractivity contribution in [2.75, 3.05) is 11.4 Å². The topological polar surface area (TPSA) is 89.7 Å². The summed E-state index contributed by atoms with van der Waals surface area (Å²) in [4.78, 5) is 33.3. The third kappa shape index (κ3) is 4.03. The molecule has 4 heterocycles. The number of aryl methyl sites for hydroxylation is 2. The molecule has 35 heavy (non-hydrogen) atoms. The van der Waals surface area contributed by atoms with E-state index in [0.717, 1.165) is 29.9 Å². The van der Waals surface area contributed by atoms with E-state index in [1.165, 1.54) is 6.07 Å². The average Bonchev–Trinajstić information content (AvgIpc) is 3.57. The van der Waals surface area contributed by atoms with Gasteiger partial charge in [-0.15, -0.1) is 0 Å². The van der Waals surface area contributed by atoms with E-state index in [-0.39, 0.29) is 17.4 Å². The number of aromatic nitrogens is 6. The van der Waals surface area contributed by atoms with E-state index in [9.17, 15) is 9.18 Å². The molecule has 6 rings (SSSR count). The quantitative estimate of drug-likeness (QED) is 0.401. The number of hydrogen-bond donors (Lipinski definition) is 0. The number of hydrogen-bond acceptors (Lipinski definition) is 6. The van der Waals surface area contributed by atoms with E-state index < -0.39 is 5.82 Å². The van der Waals surface area contributed by atoms with Crippen molar-refractivity contribution in [2.24, 2.45) is 0 Å². The third-order valence-electron chi connectivity index (χ3n) is 6.74. The number of amides is 1. The Kier molecular flexibility index (Phi) is 5.25. The summed E-state index contributed by atoms with van der Waals surface area (Å²) >= 11 is 5.99. The number of benzene rings is 1. The number of anilines is 1. The summed E-state index contributed by atoms with van der Waals surface area (Å²) in [7, 11) is 0. The van der Waals surface area contributed by atoms with Crippen LogP contribution in [0.5, 0.6) is 0 Å². The van der Waals surface area contributed by atoms with E-state index in [1.807, 2.05) is 24.7 Å². The van der Waals surface area contributed by atoms with Gasteiger partial charge < -0.3 is 4.90 Å². The molecule has 3 aromatic heterocycles. The molecule has 1 atom stereocenters. The van der Waals surface area contributed by atoms with Gasteiger partial charge in [-0.3, -0.25) is 9.48 Å². The zero-order valence-electron chi connectivity index (χ0n) is 19.4. The summed E-state index contributed by atoms with van der Waals surface area (Å²) in [5.74, 6) is -0.0607. The molecule has 2 fully saturated rings. The summed E-state index contributed by atoms with van der Waals surface area (Å²) < 4.78 is 16.9. The molecule has 1 amide bonds. The van der Waals surface area contributed by atoms with Gasteiger partial charge in [-0.05, 0) is 51.3 Å². The molecule has 0 bridgehead atoms. The second kappa shape index (κ2) is 8.34. The fourth-order valence-corrected chi connectivity index (χ4v) is 4.65. The number of halogens is 2. The van der Waals surface area contributed by atoms with E-state index in [0.29, 0.717) is 53.1 Å². The summed E-state index contributed by atoms with van der Waals surface area (Å²) in [6.45, 7) is 4.14. The summed E-state index contributed by atoms with van der Waals surface area (Å²) in [6, 6.07) is 4.92. The van der Waals surface area contributed by atoms with E-state index in [2.05, 4.69) is 15.1 Å². The van der Waals surface area contributed by atoms with Gasteiger partial charge in [-0.1, -0.05) is 11.6 Å². The molecule has 0 spiro atoms. The molecule has 1 saturated heterocycles. The standard InChI is InChI=1S/C25H23ClFN7O/c1-13-14(2)30-25-23(29-13)22(19-7-4-16(26)9-20(19)27)31-24(32-25)15-3-8-21(35)33(11-15)18-10-28-34(12-18)17-5-6-17/h4,7,9-10,12,15,17H,3,5-6,8,11H2,1-2H3/t15-/m1/s1. The molecular formula is C25H23ClFN7O. The molecule has 4 aromatic rings. The Morgan fingerprint density at radius 1 is 1.06 bits per heavy atom. The van der Waals surface area contributed by atoms with E-state index in [1.54, 1.807) is 23.2 Å². The Morgan fingerprint density at radius 3 is 2.63 bits per heavy atom. The first kappa shape index (κ1) is 22.0. The fourth-order valence-electron chi connectivity index (χ4n) is 4.49. The molecule has 0 radical (unpaired) electrons. The van der Waals surface area contributed by atoms with Crippen LogP contribution in [0.1, 0.15) is 54.9 Å². The summed E-state index contributed by atoms with van der Waals surface area (Å²) in [5.41, 5.74) is 3.77. The molecule has 1 aromatic carbocycles. The van der Waals surface area contributed by atoms with Crippen molar-refractivity contribution in [3.63, 3.8) is 0 Å². The Morgan fingerprint density at radius 2 is 1.86 bits per heavy atom. The van der Waals surface area contributed by atoms with Gasteiger partial charge in [-0.2, -0.15) is 5.10 Å². The Balaban J connectivity index is 1.43. The fraction of sp³-hybridized carbons (Fsp3) is 0.360. The normalized spacial score (nSPS) is 18.5. The van der Waals surface area contributed by atoms with Crippen LogP contribution in [0.4, 0.5) is 10.1 Å². The van der Waals surface area contributed by atoms with E-state index in [4.69, 9.17) is 21.6 Å². The second-order valence-corrected chi connectivity index (χ2v) is 9.71. The number of carbonyl (C=O) groups excluding carboxylic acids is 1. The first-order chi connectivity index (χ1) is 16.9. The lowest BCUT2D eigenvalue weighted by Crippen LogP contribution is -2.39. The monoisotopic (exact) mass is 491 g/mol. The zero-order chi connectivity index (χ0) is 24.3. The predicted molar refractivity (Wildman–Crippen MR) is 130 cm³/mol. The molecule has 1 aliphatic carbocycles. The highest BCUT2D eigenvalue weighted by Gasteiger charge is 2.32. The Bertz CT molecular complexity index is 1480. The van der Waals surface area contributed by atoms with Crippen LogP contribution < -0.4 is 4.90 Å². The number of fused-ring (bicyclic) bond motifs is 1. The van der Waals surface area contributed by atoms with Crippen LogP contribution in [0, 0.1) is 19.7 Å². The molecule has 10 heteroatoms. The number of nitrogens with zero attached hydrogens (tertiary/aromatic N) is 7. The lowest BCUT2D eigenvalue weighted by atomic mass is 9.96. The molecule has 2 aliphatic rings. The van der Waals surface area contributed by atoms with Crippen molar-refractivity contribution < 1.29 is 9.18 Å². The van der Waals surface area contributed by atoms with Crippen LogP contribution in [0.3, 0.4) is 0 Å². The maximum Gasteiger partial charge on any atom is 0.227 e. The average molecular weight is 492 g/mol. The highest BCUT2D eigenvalue weighted by molar-refractivity contribution is 6.30. The van der Waals surface area contributed by atoms with Crippen molar-refractivity contribution in [3.8, 4) is 11.3 Å².